The molecule has 0 bridgehead atoms. The SMILES string of the molecule is COc1ccccc1-n1c(=O)n(CC(=O)Nc2cccc(Cl)c2)c(=O)c2c(C)cc(C)nc21. The first-order chi connectivity index (χ1) is 15.8. The van der Waals surface area contributed by atoms with E-state index in [1.54, 1.807) is 68.4 Å². The van der Waals surface area contributed by atoms with E-state index < -0.39 is 23.7 Å². The van der Waals surface area contributed by atoms with Crippen molar-refractivity contribution in [1.82, 2.24) is 14.1 Å². The summed E-state index contributed by atoms with van der Waals surface area (Å²) in [7, 11) is 1.49. The number of para-hydroxylation sites is 2. The smallest absolute Gasteiger partial charge is 0.337 e. The maximum Gasteiger partial charge on any atom is 0.337 e. The van der Waals surface area contributed by atoms with E-state index in [0.29, 0.717) is 33.4 Å². The van der Waals surface area contributed by atoms with Gasteiger partial charge in [-0.1, -0.05) is 29.8 Å². The third-order valence-corrected chi connectivity index (χ3v) is 5.39. The Morgan fingerprint density at radius 2 is 1.85 bits per heavy atom. The van der Waals surface area contributed by atoms with Crippen LogP contribution in [-0.4, -0.2) is 27.1 Å². The molecule has 4 rings (SSSR count). The van der Waals surface area contributed by atoms with Crippen molar-refractivity contribution in [2.24, 2.45) is 0 Å². The van der Waals surface area contributed by atoms with Crippen LogP contribution in [0.5, 0.6) is 5.75 Å². The molecular formula is C24H21ClN4O4. The van der Waals surface area contributed by atoms with Gasteiger partial charge in [0.05, 0.1) is 18.2 Å². The van der Waals surface area contributed by atoms with Crippen LogP contribution in [0.25, 0.3) is 16.7 Å². The average molecular weight is 465 g/mol. The topological polar surface area (TPSA) is 95.2 Å². The first-order valence-corrected chi connectivity index (χ1v) is 10.5. The van der Waals surface area contributed by atoms with Crippen LogP contribution < -0.4 is 21.3 Å². The fourth-order valence-electron chi connectivity index (χ4n) is 3.76. The predicted molar refractivity (Wildman–Crippen MR) is 128 cm³/mol. The number of aryl methyl sites for hydroxylation is 2. The van der Waals surface area contributed by atoms with E-state index in [0.717, 1.165) is 4.57 Å². The van der Waals surface area contributed by atoms with Crippen LogP contribution >= 0.6 is 11.6 Å². The zero-order valence-electron chi connectivity index (χ0n) is 18.3. The number of aromatic nitrogens is 3. The average Bonchev–Trinajstić information content (AvgIpc) is 2.76. The maximum absolute atomic E-state index is 13.6. The highest BCUT2D eigenvalue weighted by molar-refractivity contribution is 6.30. The van der Waals surface area contributed by atoms with Gasteiger partial charge in [-0.25, -0.2) is 18.9 Å². The second kappa shape index (κ2) is 8.91. The Morgan fingerprint density at radius 3 is 2.58 bits per heavy atom. The summed E-state index contributed by atoms with van der Waals surface area (Å²) in [6, 6.07) is 15.3. The van der Waals surface area contributed by atoms with Gasteiger partial charge in [0, 0.05) is 16.4 Å². The molecule has 168 valence electrons. The first kappa shape index (κ1) is 22.3. The molecule has 0 aliphatic heterocycles. The van der Waals surface area contributed by atoms with E-state index in [1.807, 2.05) is 0 Å². The molecule has 0 spiro atoms. The Balaban J connectivity index is 1.93. The maximum atomic E-state index is 13.6. The number of carbonyl (C=O) groups is 1. The van der Waals surface area contributed by atoms with E-state index in [2.05, 4.69) is 10.3 Å². The number of hydrogen-bond acceptors (Lipinski definition) is 5. The van der Waals surface area contributed by atoms with Crippen LogP contribution in [-0.2, 0) is 11.3 Å². The number of rotatable bonds is 5. The lowest BCUT2D eigenvalue weighted by atomic mass is 10.1. The zero-order chi connectivity index (χ0) is 23.7. The highest BCUT2D eigenvalue weighted by Crippen LogP contribution is 2.24. The molecule has 0 aliphatic carbocycles. The molecular weight excluding hydrogens is 444 g/mol. The summed E-state index contributed by atoms with van der Waals surface area (Å²) in [5.74, 6) is -0.115. The summed E-state index contributed by atoms with van der Waals surface area (Å²) in [4.78, 5) is 44.1. The van der Waals surface area contributed by atoms with Gasteiger partial charge in [0.1, 0.15) is 12.3 Å². The van der Waals surface area contributed by atoms with Crippen molar-refractivity contribution in [2.75, 3.05) is 12.4 Å². The van der Waals surface area contributed by atoms with Crippen LogP contribution in [0.15, 0.2) is 64.2 Å². The quantitative estimate of drug-likeness (QED) is 0.488. The van der Waals surface area contributed by atoms with Crippen LogP contribution in [0.4, 0.5) is 5.69 Å². The van der Waals surface area contributed by atoms with E-state index >= 15 is 0 Å². The van der Waals surface area contributed by atoms with Crippen molar-refractivity contribution in [3.63, 3.8) is 0 Å². The summed E-state index contributed by atoms with van der Waals surface area (Å²) in [5.41, 5.74) is 1.09. The molecule has 0 saturated heterocycles. The van der Waals surface area contributed by atoms with Crippen LogP contribution in [0.1, 0.15) is 11.3 Å². The first-order valence-electron chi connectivity index (χ1n) is 10.1. The van der Waals surface area contributed by atoms with Gasteiger partial charge in [-0.2, -0.15) is 0 Å². The minimum atomic E-state index is -0.698. The zero-order valence-corrected chi connectivity index (χ0v) is 19.0. The molecule has 0 fully saturated rings. The highest BCUT2D eigenvalue weighted by atomic mass is 35.5. The van der Waals surface area contributed by atoms with Crippen molar-refractivity contribution in [3.8, 4) is 11.4 Å². The Labute approximate surface area is 194 Å². The number of nitrogens with zero attached hydrogens (tertiary/aromatic N) is 3. The summed E-state index contributed by atoms with van der Waals surface area (Å²) < 4.78 is 7.65. The molecule has 8 nitrogen and oxygen atoms in total. The van der Waals surface area contributed by atoms with Crippen LogP contribution in [0.2, 0.25) is 5.02 Å². The van der Waals surface area contributed by atoms with Crippen LogP contribution in [0, 0.1) is 13.8 Å². The van der Waals surface area contributed by atoms with Gasteiger partial charge in [0.2, 0.25) is 5.91 Å². The summed E-state index contributed by atoms with van der Waals surface area (Å²) in [5, 5.41) is 3.37. The van der Waals surface area contributed by atoms with Gasteiger partial charge in [0.15, 0.2) is 5.65 Å². The Hall–Kier alpha value is -3.91. The minimum absolute atomic E-state index is 0.207. The fraction of sp³-hybridized carbons (Fsp3) is 0.167. The van der Waals surface area contributed by atoms with Crippen molar-refractivity contribution in [2.45, 2.75) is 20.4 Å². The lowest BCUT2D eigenvalue weighted by molar-refractivity contribution is -0.116. The van der Waals surface area contributed by atoms with Gasteiger partial charge in [-0.3, -0.25) is 9.59 Å². The van der Waals surface area contributed by atoms with E-state index in [9.17, 15) is 14.4 Å². The fourth-order valence-corrected chi connectivity index (χ4v) is 3.95. The van der Waals surface area contributed by atoms with E-state index in [1.165, 1.54) is 11.7 Å². The second-order valence-electron chi connectivity index (χ2n) is 7.52. The molecule has 0 atom stereocenters. The third kappa shape index (κ3) is 4.25. The molecule has 0 saturated carbocycles. The monoisotopic (exact) mass is 464 g/mol. The van der Waals surface area contributed by atoms with Gasteiger partial charge in [0.25, 0.3) is 5.56 Å². The number of nitrogens with one attached hydrogen (secondary N) is 1. The van der Waals surface area contributed by atoms with E-state index in [-0.39, 0.29) is 11.0 Å². The lowest BCUT2D eigenvalue weighted by Crippen LogP contribution is -2.42. The molecule has 0 aliphatic rings. The van der Waals surface area contributed by atoms with Crippen molar-refractivity contribution in [3.05, 3.63) is 91.7 Å². The number of methoxy groups -OCH3 is 1. The standard InChI is InChI=1S/C24H21ClN4O4/c1-14-11-15(2)26-22-21(14)23(31)28(13-20(30)27-17-8-6-7-16(25)12-17)24(32)29(22)18-9-4-5-10-19(18)33-3/h4-12H,13H2,1-3H3,(H,27,30). The van der Waals surface area contributed by atoms with Crippen molar-refractivity contribution < 1.29 is 9.53 Å². The lowest BCUT2D eigenvalue weighted by Gasteiger charge is -2.17. The van der Waals surface area contributed by atoms with E-state index in [4.69, 9.17) is 16.3 Å². The molecule has 2 aromatic carbocycles. The molecule has 1 amide bonds. The number of anilines is 1. The molecule has 33 heavy (non-hydrogen) atoms. The number of ether oxygens (including phenoxy) is 1. The van der Waals surface area contributed by atoms with Crippen molar-refractivity contribution >= 4 is 34.2 Å². The van der Waals surface area contributed by atoms with Gasteiger partial charge in [-0.15, -0.1) is 0 Å². The van der Waals surface area contributed by atoms with Gasteiger partial charge in [-0.05, 0) is 55.8 Å². The third-order valence-electron chi connectivity index (χ3n) is 5.15. The number of pyridine rings is 1. The summed E-state index contributed by atoms with van der Waals surface area (Å²) in [6.07, 6.45) is 0. The summed E-state index contributed by atoms with van der Waals surface area (Å²) >= 11 is 5.97. The van der Waals surface area contributed by atoms with Gasteiger partial charge >= 0.3 is 5.69 Å². The largest absolute Gasteiger partial charge is 0.495 e. The summed E-state index contributed by atoms with van der Waals surface area (Å²) in [6.45, 7) is 3.07. The normalized spacial score (nSPS) is 10.9. The molecule has 2 heterocycles. The highest BCUT2D eigenvalue weighted by Gasteiger charge is 2.21. The number of benzene rings is 2. The minimum Gasteiger partial charge on any atom is -0.495 e. The Bertz CT molecular complexity index is 1510. The van der Waals surface area contributed by atoms with Gasteiger partial charge < -0.3 is 10.1 Å². The molecule has 1 N–H and O–H groups in total. The number of amides is 1. The molecule has 0 radical (unpaired) electrons. The number of fused-ring (bicyclic) bond motifs is 1. The van der Waals surface area contributed by atoms with Crippen molar-refractivity contribution in [1.29, 1.82) is 0 Å². The molecule has 2 aromatic heterocycles. The Kier molecular flexibility index (Phi) is 6.02. The number of halogens is 1. The number of carbonyl (C=O) groups excluding carboxylic acids is 1. The van der Waals surface area contributed by atoms with Crippen LogP contribution in [0.3, 0.4) is 0 Å². The molecule has 0 unspecified atom stereocenters. The second-order valence-corrected chi connectivity index (χ2v) is 7.96. The Morgan fingerprint density at radius 1 is 1.09 bits per heavy atom. The predicted octanol–water partition coefficient (Wildman–Crippen LogP) is 3.46. The molecule has 9 heteroatoms. The number of hydrogen-bond donors (Lipinski definition) is 1. The molecule has 4 aromatic rings.